The molecule has 1 unspecified atom stereocenters. The van der Waals surface area contributed by atoms with Crippen LogP contribution < -0.4 is 21.7 Å². The molecule has 5 N–H and O–H groups in total. The molecule has 1 heterocycles. The van der Waals surface area contributed by atoms with E-state index in [1.807, 2.05) is 18.2 Å². The fourth-order valence-corrected chi connectivity index (χ4v) is 8.81. The summed E-state index contributed by atoms with van der Waals surface area (Å²) in [5.41, 5.74) is 6.07. The monoisotopic (exact) mass is 677 g/mol. The van der Waals surface area contributed by atoms with Crippen LogP contribution in [0.3, 0.4) is 0 Å². The highest BCUT2D eigenvalue weighted by Crippen LogP contribution is 2.38. The number of primary amides is 1. The van der Waals surface area contributed by atoms with Gasteiger partial charge >= 0.3 is 6.03 Å². The topological polar surface area (TPSA) is 151 Å². The van der Waals surface area contributed by atoms with Crippen LogP contribution in [0.5, 0.6) is 0 Å². The molecule has 1 aliphatic heterocycles. The first kappa shape index (κ1) is 36.8. The number of nitrogens with zero attached hydrogens (tertiary/aromatic N) is 1. The zero-order chi connectivity index (χ0) is 35.2. The lowest BCUT2D eigenvalue weighted by Crippen LogP contribution is -2.62. The summed E-state index contributed by atoms with van der Waals surface area (Å²) in [7, 11) is 0. The highest BCUT2D eigenvalue weighted by atomic mass is 16.2. The molecule has 10 nitrogen and oxygen atoms in total. The molecule has 0 bridgehead atoms. The van der Waals surface area contributed by atoms with E-state index in [9.17, 15) is 24.0 Å². The van der Waals surface area contributed by atoms with Gasteiger partial charge in [0.2, 0.25) is 17.6 Å². The molecule has 4 aliphatic rings. The number of hydrogen-bond acceptors (Lipinski definition) is 5. The highest BCUT2D eigenvalue weighted by molar-refractivity contribution is 6.37. The summed E-state index contributed by atoms with van der Waals surface area (Å²) in [5, 5.41) is 9.40. The van der Waals surface area contributed by atoms with Gasteiger partial charge in [0.15, 0.2) is 0 Å². The number of hydrogen-bond donors (Lipinski definition) is 4. The molecule has 1 saturated heterocycles. The first-order chi connectivity index (χ1) is 23.3. The molecule has 3 aliphatic carbocycles. The van der Waals surface area contributed by atoms with Crippen LogP contribution in [-0.4, -0.2) is 64.6 Å². The maximum absolute atomic E-state index is 14.7. The number of carbonyl (C=O) groups is 5. The van der Waals surface area contributed by atoms with E-state index in [4.69, 9.17) is 5.73 Å². The van der Waals surface area contributed by atoms with E-state index >= 15 is 0 Å². The smallest absolute Gasteiger partial charge is 0.315 e. The van der Waals surface area contributed by atoms with Crippen molar-refractivity contribution in [2.24, 2.45) is 28.9 Å². The van der Waals surface area contributed by atoms with Crippen LogP contribution in [-0.2, 0) is 25.6 Å². The Labute approximate surface area is 292 Å². The summed E-state index contributed by atoms with van der Waals surface area (Å²) in [4.78, 5) is 69.3. The lowest BCUT2D eigenvalue weighted by Gasteiger charge is -2.40. The minimum atomic E-state index is -1.06. The number of ketones is 1. The van der Waals surface area contributed by atoms with E-state index in [0.29, 0.717) is 25.8 Å². The summed E-state index contributed by atoms with van der Waals surface area (Å²) < 4.78 is 0. The van der Waals surface area contributed by atoms with Gasteiger partial charge in [-0.3, -0.25) is 19.2 Å². The molecular formula is C39H59N5O5. The Balaban J connectivity index is 1.38. The number of amides is 5. The molecule has 0 aromatic heterocycles. The van der Waals surface area contributed by atoms with Crippen LogP contribution in [0.4, 0.5) is 4.79 Å². The molecular weight excluding hydrogens is 618 g/mol. The number of benzene rings is 1. The summed E-state index contributed by atoms with van der Waals surface area (Å²) in [5.74, 6) is -2.41. The molecule has 4 fully saturated rings. The van der Waals surface area contributed by atoms with Crippen LogP contribution in [0, 0.1) is 23.2 Å². The Bertz CT molecular complexity index is 1330. The Kier molecular flexibility index (Phi) is 12.1. The molecule has 0 spiro atoms. The second-order valence-electron chi connectivity index (χ2n) is 16.7. The number of Topliss-reactive ketones (excluding diaryl/α,β-unsaturated/α-hetero) is 1. The van der Waals surface area contributed by atoms with E-state index in [2.05, 4.69) is 48.9 Å². The van der Waals surface area contributed by atoms with Crippen LogP contribution in [0.1, 0.15) is 123 Å². The minimum Gasteiger partial charge on any atom is -0.363 e. The summed E-state index contributed by atoms with van der Waals surface area (Å²) >= 11 is 0. The van der Waals surface area contributed by atoms with Gasteiger partial charge in [-0.15, -0.1) is 0 Å². The van der Waals surface area contributed by atoms with Crippen molar-refractivity contribution in [2.75, 3.05) is 6.54 Å². The predicted octanol–water partition coefficient (Wildman–Crippen LogP) is 5.17. The molecule has 270 valence electrons. The largest absolute Gasteiger partial charge is 0.363 e. The van der Waals surface area contributed by atoms with E-state index in [-0.39, 0.29) is 40.6 Å². The summed E-state index contributed by atoms with van der Waals surface area (Å²) in [6.45, 7) is 6.74. The molecule has 5 amide bonds. The van der Waals surface area contributed by atoms with Gasteiger partial charge in [-0.25, -0.2) is 4.79 Å². The van der Waals surface area contributed by atoms with Crippen molar-refractivity contribution < 1.29 is 24.0 Å². The number of nitrogens with one attached hydrogen (secondary N) is 3. The molecule has 1 aromatic rings. The van der Waals surface area contributed by atoms with Gasteiger partial charge in [0, 0.05) is 12.1 Å². The minimum absolute atomic E-state index is 0.0344. The average molecular weight is 678 g/mol. The van der Waals surface area contributed by atoms with E-state index in [1.165, 1.54) is 5.56 Å². The van der Waals surface area contributed by atoms with Crippen molar-refractivity contribution in [2.45, 2.75) is 147 Å². The Morgan fingerprint density at radius 2 is 1.53 bits per heavy atom. The van der Waals surface area contributed by atoms with Gasteiger partial charge < -0.3 is 26.6 Å². The molecule has 0 radical (unpaired) electrons. The highest BCUT2D eigenvalue weighted by Gasteiger charge is 2.47. The van der Waals surface area contributed by atoms with E-state index in [1.54, 1.807) is 4.90 Å². The lowest BCUT2D eigenvalue weighted by molar-refractivity contribution is -0.144. The van der Waals surface area contributed by atoms with Gasteiger partial charge in [0.1, 0.15) is 12.1 Å². The standard InChI is InChI=1S/C39H59N5O5/c1-38(2,3)25-29-19-22-44(32(29)35(47)41-30(23-26-17-18-26)33(45)34(40)46)36(48)31(28-15-9-5-10-16-28)42-37(49)43-39(20-11-6-12-21-39)24-27-13-7-4-8-14-27/h4,7-8,13-14,26,28-32H,5-6,9-12,15-25H2,1-3H3,(H2,40,46)(H,41,47)(H2,42,43,49)/t29-,30?,31+,32+/m1/s1. The van der Waals surface area contributed by atoms with Crippen LogP contribution >= 0.6 is 0 Å². The lowest BCUT2D eigenvalue weighted by atomic mass is 9.77. The Hall–Kier alpha value is -3.43. The van der Waals surface area contributed by atoms with Gasteiger partial charge in [0.25, 0.3) is 5.91 Å². The number of likely N-dealkylation sites (tertiary alicyclic amines) is 1. The molecule has 5 rings (SSSR count). The van der Waals surface area contributed by atoms with Crippen molar-refractivity contribution in [3.05, 3.63) is 35.9 Å². The third-order valence-corrected chi connectivity index (χ3v) is 11.3. The third kappa shape index (κ3) is 10.1. The molecule has 3 saturated carbocycles. The zero-order valence-electron chi connectivity index (χ0n) is 29.9. The van der Waals surface area contributed by atoms with Crippen LogP contribution in [0.2, 0.25) is 0 Å². The SMILES string of the molecule is CC(C)(C)C[C@H]1CCN(C(=O)[C@@H](NC(=O)NC2(Cc3ccccc3)CCCCC2)C2CCCCC2)[C@@H]1C(=O)NC(CC1CC1)C(=O)C(N)=O. The average Bonchev–Trinajstić information content (AvgIpc) is 3.79. The summed E-state index contributed by atoms with van der Waals surface area (Å²) in [6.07, 6.45) is 14.1. The normalized spacial score (nSPS) is 24.0. The van der Waals surface area contributed by atoms with Crippen molar-refractivity contribution in [1.82, 2.24) is 20.9 Å². The third-order valence-electron chi connectivity index (χ3n) is 11.3. The van der Waals surface area contributed by atoms with Crippen LogP contribution in [0.25, 0.3) is 0 Å². The maximum Gasteiger partial charge on any atom is 0.315 e. The fraction of sp³-hybridized carbons (Fsp3) is 0.718. The first-order valence-corrected chi connectivity index (χ1v) is 18.9. The van der Waals surface area contributed by atoms with Gasteiger partial charge in [-0.1, -0.05) is 102 Å². The predicted molar refractivity (Wildman–Crippen MR) is 189 cm³/mol. The van der Waals surface area contributed by atoms with E-state index in [0.717, 1.165) is 83.5 Å². The quantitative estimate of drug-likeness (QED) is 0.213. The molecule has 49 heavy (non-hydrogen) atoms. The van der Waals surface area contributed by atoms with Crippen molar-refractivity contribution in [3.8, 4) is 0 Å². The Morgan fingerprint density at radius 1 is 0.878 bits per heavy atom. The van der Waals surface area contributed by atoms with Gasteiger partial charge in [-0.2, -0.15) is 0 Å². The van der Waals surface area contributed by atoms with Gasteiger partial charge in [-0.05, 0) is 80.1 Å². The second kappa shape index (κ2) is 16.1. The fourth-order valence-electron chi connectivity index (χ4n) is 8.81. The number of nitrogens with two attached hydrogens (primary N) is 1. The molecule has 10 heteroatoms. The maximum atomic E-state index is 14.7. The molecule has 4 atom stereocenters. The van der Waals surface area contributed by atoms with Crippen molar-refractivity contribution in [3.63, 3.8) is 0 Å². The zero-order valence-corrected chi connectivity index (χ0v) is 29.9. The first-order valence-electron chi connectivity index (χ1n) is 18.9. The summed E-state index contributed by atoms with van der Waals surface area (Å²) in [6, 6.07) is 7.34. The van der Waals surface area contributed by atoms with Crippen molar-refractivity contribution >= 4 is 29.5 Å². The number of urea groups is 1. The number of rotatable bonds is 13. The van der Waals surface area contributed by atoms with Gasteiger partial charge in [0.05, 0.1) is 6.04 Å². The second-order valence-corrected chi connectivity index (χ2v) is 16.7. The van der Waals surface area contributed by atoms with Crippen molar-refractivity contribution in [1.29, 1.82) is 0 Å². The molecule has 1 aromatic carbocycles. The van der Waals surface area contributed by atoms with E-state index < -0.39 is 35.7 Å². The van der Waals surface area contributed by atoms with Crippen LogP contribution in [0.15, 0.2) is 30.3 Å². The Morgan fingerprint density at radius 3 is 2.14 bits per heavy atom. The number of carbonyl (C=O) groups excluding carboxylic acids is 5.